The highest BCUT2D eigenvalue weighted by molar-refractivity contribution is 5.85. The van der Waals surface area contributed by atoms with Crippen LogP contribution in [-0.2, 0) is 6.18 Å². The van der Waals surface area contributed by atoms with Gasteiger partial charge in [-0.05, 0) is 0 Å². The fraction of sp³-hybridized carbons (Fsp3) is 0.0833. The maximum absolute atomic E-state index is 12.3. The van der Waals surface area contributed by atoms with Gasteiger partial charge < -0.3 is 0 Å². The maximum Gasteiger partial charge on any atom is 0.419 e. The molecule has 0 radical (unpaired) electrons. The molecule has 0 atom stereocenters. The van der Waals surface area contributed by atoms with Gasteiger partial charge in [-0.1, -0.05) is 24.3 Å². The Balaban J connectivity index is 2.44. The van der Waals surface area contributed by atoms with Gasteiger partial charge >= 0.3 is 6.18 Å². The molecule has 1 aromatic heterocycles. The standard InChI is InChI=1S/C12H7F3N2O/c13-12(14,15)9-5-16-11(17-6-9)10-4-2-1-3-8(10)7-18/h1-7H. The number of hydrogen-bond acceptors (Lipinski definition) is 3. The summed E-state index contributed by atoms with van der Waals surface area (Å²) < 4.78 is 37.0. The average Bonchev–Trinajstić information content (AvgIpc) is 2.38. The minimum absolute atomic E-state index is 0.0886. The lowest BCUT2D eigenvalue weighted by Gasteiger charge is -2.07. The number of aromatic nitrogens is 2. The van der Waals surface area contributed by atoms with Crippen molar-refractivity contribution in [3.63, 3.8) is 0 Å². The first-order valence-corrected chi connectivity index (χ1v) is 4.96. The van der Waals surface area contributed by atoms with Crippen LogP contribution < -0.4 is 0 Å². The second-order valence-corrected chi connectivity index (χ2v) is 3.50. The third-order valence-electron chi connectivity index (χ3n) is 2.31. The second-order valence-electron chi connectivity index (χ2n) is 3.50. The average molecular weight is 252 g/mol. The van der Waals surface area contributed by atoms with Crippen molar-refractivity contribution in [2.24, 2.45) is 0 Å². The lowest BCUT2D eigenvalue weighted by Crippen LogP contribution is -2.06. The first-order valence-electron chi connectivity index (χ1n) is 4.96. The third kappa shape index (κ3) is 2.37. The Hall–Kier alpha value is -2.24. The summed E-state index contributed by atoms with van der Waals surface area (Å²) in [6, 6.07) is 6.43. The van der Waals surface area contributed by atoms with Crippen molar-refractivity contribution in [2.75, 3.05) is 0 Å². The molecule has 1 heterocycles. The molecule has 0 spiro atoms. The van der Waals surface area contributed by atoms with Crippen LogP contribution in [0.3, 0.4) is 0 Å². The fourth-order valence-electron chi connectivity index (χ4n) is 1.42. The molecule has 3 nitrogen and oxygen atoms in total. The molecule has 0 bridgehead atoms. The zero-order valence-electron chi connectivity index (χ0n) is 8.98. The van der Waals surface area contributed by atoms with Gasteiger partial charge in [0.2, 0.25) is 0 Å². The predicted octanol–water partition coefficient (Wildman–Crippen LogP) is 2.97. The van der Waals surface area contributed by atoms with Gasteiger partial charge in [0.1, 0.15) is 0 Å². The predicted molar refractivity (Wildman–Crippen MR) is 57.9 cm³/mol. The van der Waals surface area contributed by atoms with Gasteiger partial charge in [-0.3, -0.25) is 4.79 Å². The number of halogens is 3. The highest BCUT2D eigenvalue weighted by Crippen LogP contribution is 2.28. The summed E-state index contributed by atoms with van der Waals surface area (Å²) in [5, 5.41) is 0. The lowest BCUT2D eigenvalue weighted by molar-refractivity contribution is -0.138. The number of alkyl halides is 3. The van der Waals surface area contributed by atoms with Crippen LogP contribution in [0.1, 0.15) is 15.9 Å². The summed E-state index contributed by atoms with van der Waals surface area (Å²) >= 11 is 0. The van der Waals surface area contributed by atoms with Crippen molar-refractivity contribution < 1.29 is 18.0 Å². The van der Waals surface area contributed by atoms with Gasteiger partial charge in [-0.15, -0.1) is 0 Å². The molecule has 0 saturated heterocycles. The minimum Gasteiger partial charge on any atom is -0.298 e. The molecule has 0 aliphatic heterocycles. The Morgan fingerprint density at radius 1 is 1.06 bits per heavy atom. The van der Waals surface area contributed by atoms with E-state index in [9.17, 15) is 18.0 Å². The molecular formula is C12H7F3N2O. The van der Waals surface area contributed by atoms with Gasteiger partial charge in [-0.25, -0.2) is 9.97 Å². The first-order chi connectivity index (χ1) is 8.52. The quantitative estimate of drug-likeness (QED) is 0.771. The largest absolute Gasteiger partial charge is 0.419 e. The molecule has 0 unspecified atom stereocenters. The number of carbonyl (C=O) groups excluding carboxylic acids is 1. The summed E-state index contributed by atoms with van der Waals surface area (Å²) in [5.74, 6) is 0.0886. The molecule has 0 amide bonds. The van der Waals surface area contributed by atoms with Crippen molar-refractivity contribution in [3.8, 4) is 11.4 Å². The maximum atomic E-state index is 12.3. The lowest BCUT2D eigenvalue weighted by atomic mass is 10.1. The molecule has 2 rings (SSSR count). The molecular weight excluding hydrogens is 245 g/mol. The summed E-state index contributed by atoms with van der Waals surface area (Å²) in [7, 11) is 0. The van der Waals surface area contributed by atoms with E-state index in [0.717, 1.165) is 0 Å². The molecule has 18 heavy (non-hydrogen) atoms. The summed E-state index contributed by atoms with van der Waals surface area (Å²) in [6.45, 7) is 0. The highest BCUT2D eigenvalue weighted by atomic mass is 19.4. The molecule has 0 N–H and O–H groups in total. The van der Waals surface area contributed by atoms with Crippen LogP contribution in [-0.4, -0.2) is 16.3 Å². The fourth-order valence-corrected chi connectivity index (χ4v) is 1.42. The van der Waals surface area contributed by atoms with Crippen molar-refractivity contribution >= 4 is 6.29 Å². The van der Waals surface area contributed by atoms with Crippen molar-refractivity contribution in [1.29, 1.82) is 0 Å². The van der Waals surface area contributed by atoms with Gasteiger partial charge in [-0.2, -0.15) is 13.2 Å². The van der Waals surface area contributed by atoms with Crippen LogP contribution in [0.2, 0.25) is 0 Å². The Bertz CT molecular complexity index is 564. The van der Waals surface area contributed by atoms with E-state index in [1.165, 1.54) is 0 Å². The van der Waals surface area contributed by atoms with Gasteiger partial charge in [0, 0.05) is 23.5 Å². The Labute approximate surface area is 100 Å². The minimum atomic E-state index is -4.47. The molecule has 6 heteroatoms. The molecule has 0 saturated carbocycles. The van der Waals surface area contributed by atoms with Crippen LogP contribution in [0, 0.1) is 0 Å². The zero-order valence-corrected chi connectivity index (χ0v) is 8.98. The van der Waals surface area contributed by atoms with Crippen molar-refractivity contribution in [3.05, 3.63) is 47.8 Å². The van der Waals surface area contributed by atoms with E-state index in [1.54, 1.807) is 24.3 Å². The van der Waals surface area contributed by atoms with Gasteiger partial charge in [0.15, 0.2) is 12.1 Å². The van der Waals surface area contributed by atoms with Crippen LogP contribution >= 0.6 is 0 Å². The number of aldehydes is 1. The third-order valence-corrected chi connectivity index (χ3v) is 2.31. The SMILES string of the molecule is O=Cc1ccccc1-c1ncc(C(F)(F)F)cn1. The second kappa shape index (κ2) is 4.56. The van der Waals surface area contributed by atoms with Crippen LogP contribution in [0.15, 0.2) is 36.7 Å². The zero-order chi connectivity index (χ0) is 13.2. The Morgan fingerprint density at radius 2 is 1.67 bits per heavy atom. The van der Waals surface area contributed by atoms with E-state index in [-0.39, 0.29) is 5.82 Å². The van der Waals surface area contributed by atoms with E-state index in [0.29, 0.717) is 29.8 Å². The summed E-state index contributed by atoms with van der Waals surface area (Å²) in [4.78, 5) is 18.1. The van der Waals surface area contributed by atoms with E-state index < -0.39 is 11.7 Å². The summed E-state index contributed by atoms with van der Waals surface area (Å²) in [5.41, 5.74) is -0.187. The smallest absolute Gasteiger partial charge is 0.298 e. The van der Waals surface area contributed by atoms with Crippen molar-refractivity contribution in [2.45, 2.75) is 6.18 Å². The van der Waals surface area contributed by atoms with Crippen LogP contribution in [0.4, 0.5) is 13.2 Å². The molecule has 0 fully saturated rings. The van der Waals surface area contributed by atoms with Gasteiger partial charge in [0.25, 0.3) is 0 Å². The van der Waals surface area contributed by atoms with E-state index in [4.69, 9.17) is 0 Å². The van der Waals surface area contributed by atoms with Crippen LogP contribution in [0.5, 0.6) is 0 Å². The first kappa shape index (κ1) is 12.2. The van der Waals surface area contributed by atoms with E-state index in [2.05, 4.69) is 9.97 Å². The van der Waals surface area contributed by atoms with Crippen LogP contribution in [0.25, 0.3) is 11.4 Å². The number of carbonyl (C=O) groups is 1. The number of benzene rings is 1. The molecule has 92 valence electrons. The summed E-state index contributed by atoms with van der Waals surface area (Å²) in [6.07, 6.45) is -2.47. The topological polar surface area (TPSA) is 42.9 Å². The molecule has 2 aromatic rings. The number of nitrogens with zero attached hydrogens (tertiary/aromatic N) is 2. The van der Waals surface area contributed by atoms with Gasteiger partial charge in [0.05, 0.1) is 5.56 Å². The van der Waals surface area contributed by atoms with E-state index >= 15 is 0 Å². The molecule has 0 aliphatic rings. The number of hydrogen-bond donors (Lipinski definition) is 0. The monoisotopic (exact) mass is 252 g/mol. The highest BCUT2D eigenvalue weighted by Gasteiger charge is 2.31. The normalized spacial score (nSPS) is 11.3. The number of rotatable bonds is 2. The van der Waals surface area contributed by atoms with Crippen molar-refractivity contribution in [1.82, 2.24) is 9.97 Å². The van der Waals surface area contributed by atoms with E-state index in [1.807, 2.05) is 0 Å². The molecule has 0 aliphatic carbocycles. The Kier molecular flexibility index (Phi) is 3.10. The molecule has 1 aromatic carbocycles. The Morgan fingerprint density at radius 3 is 2.22 bits per heavy atom.